The number of likely N-dealkylation sites (tertiary alicyclic amines) is 1. The highest BCUT2D eigenvalue weighted by molar-refractivity contribution is 6.74. The number of ether oxygens (including phenoxy) is 3. The highest BCUT2D eigenvalue weighted by Gasteiger charge is 2.69. The SMILES string of the molecule is C=CCN(CC=C)[C@@H]1c2onc(OCCCC)c2C(=O)[C@@]2(O[Si](C)(C)C(C)(C)C)C(=O)C3=C(O)c4c(cc(C5CCCN5C)cc4OC(=O)OC(C)(C)C)C[C@H]3C[C@@H]12. The topological polar surface area (TPSA) is 141 Å². The summed E-state index contributed by atoms with van der Waals surface area (Å²) in [5, 5.41) is 16.5. The number of hydrogen-bond acceptors (Lipinski definition) is 12. The number of ketones is 2. The Labute approximate surface area is 344 Å². The lowest BCUT2D eigenvalue weighted by Crippen LogP contribution is -2.68. The predicted octanol–water partition coefficient (Wildman–Crippen LogP) is 9.34. The summed E-state index contributed by atoms with van der Waals surface area (Å²) in [5.74, 6) is -2.35. The van der Waals surface area contributed by atoms with Gasteiger partial charge in [0.25, 0.3) is 5.88 Å². The molecule has 4 aliphatic rings. The quantitative estimate of drug-likeness (QED) is 0.0514. The normalized spacial score (nSPS) is 24.9. The first-order chi connectivity index (χ1) is 27.2. The molecule has 1 aliphatic heterocycles. The molecule has 0 radical (unpaired) electrons. The third-order valence-electron chi connectivity index (χ3n) is 12.7. The standard InChI is InChI=1S/C45H63N3O9Si/c1-13-16-22-53-41-35-38(56-46-41)36(48(19-14-2)20-15-3)30-25-29-24-28-23-27(31-18-17-21-47(31)10)26-32(54-42(52)55-43(4,5)6)33(28)37(49)34(29)39(50)45(30,40(35)51)57-58(11,12)44(7,8)9/h14-15,23,26,29-31,36,49H,2-3,13,16-22,24-25H2,1,4-12H3/t29-,30-,31?,36-,45-/m0/s1. The van der Waals surface area contributed by atoms with E-state index in [1.54, 1.807) is 39.0 Å². The molecule has 1 aromatic carbocycles. The van der Waals surface area contributed by atoms with E-state index >= 15 is 9.59 Å². The maximum Gasteiger partial charge on any atom is 0.514 e. The third kappa shape index (κ3) is 7.75. The fraction of sp³-hybridized carbons (Fsp3) is 0.600. The predicted molar refractivity (Wildman–Crippen MR) is 225 cm³/mol. The second-order valence-electron chi connectivity index (χ2n) is 18.9. The van der Waals surface area contributed by atoms with E-state index < -0.39 is 60.2 Å². The van der Waals surface area contributed by atoms with Crippen molar-refractivity contribution in [1.29, 1.82) is 0 Å². The number of unbranched alkanes of at least 4 members (excludes halogenated alkanes) is 1. The van der Waals surface area contributed by atoms with Crippen molar-refractivity contribution in [3.05, 3.63) is 71.0 Å². The van der Waals surface area contributed by atoms with Gasteiger partial charge in [-0.15, -0.1) is 13.2 Å². The second-order valence-corrected chi connectivity index (χ2v) is 23.6. The molecule has 3 aliphatic carbocycles. The van der Waals surface area contributed by atoms with Gasteiger partial charge in [0.15, 0.2) is 19.7 Å². The van der Waals surface area contributed by atoms with Crippen molar-refractivity contribution >= 4 is 31.8 Å². The van der Waals surface area contributed by atoms with Crippen LogP contribution in [0, 0.1) is 11.8 Å². The molecule has 12 nitrogen and oxygen atoms in total. The van der Waals surface area contributed by atoms with Crippen LogP contribution in [0.15, 0.2) is 47.5 Å². The number of Topliss-reactive ketones (excluding diaryl/α,β-unsaturated/α-hetero) is 2. The molecule has 0 spiro atoms. The lowest BCUT2D eigenvalue weighted by atomic mass is 9.57. The highest BCUT2D eigenvalue weighted by Crippen LogP contribution is 2.59. The Bertz CT molecular complexity index is 1980. The van der Waals surface area contributed by atoms with Gasteiger partial charge in [-0.2, -0.15) is 0 Å². The summed E-state index contributed by atoms with van der Waals surface area (Å²) in [4.78, 5) is 49.2. The number of aliphatic hydroxyl groups excluding tert-OH is 1. The Morgan fingerprint density at radius 2 is 1.79 bits per heavy atom. The van der Waals surface area contributed by atoms with Crippen LogP contribution in [-0.4, -0.2) is 90.6 Å². The molecule has 1 unspecified atom stereocenters. The first-order valence-corrected chi connectivity index (χ1v) is 23.7. The van der Waals surface area contributed by atoms with Crippen LogP contribution in [0.3, 0.4) is 0 Å². The number of benzene rings is 1. The number of aromatic nitrogens is 1. The Morgan fingerprint density at radius 1 is 1.10 bits per heavy atom. The minimum atomic E-state index is -2.97. The van der Waals surface area contributed by atoms with Crippen molar-refractivity contribution in [1.82, 2.24) is 15.0 Å². The average Bonchev–Trinajstić information content (AvgIpc) is 3.74. The fourth-order valence-electron chi connectivity index (χ4n) is 9.00. The van der Waals surface area contributed by atoms with Crippen molar-refractivity contribution in [3.8, 4) is 11.6 Å². The fourth-order valence-corrected chi connectivity index (χ4v) is 10.4. The van der Waals surface area contributed by atoms with E-state index in [0.29, 0.717) is 38.3 Å². The number of fused-ring (bicyclic) bond motifs is 4. The molecular weight excluding hydrogens is 755 g/mol. The van der Waals surface area contributed by atoms with Gasteiger partial charge >= 0.3 is 6.16 Å². The van der Waals surface area contributed by atoms with Crippen molar-refractivity contribution in [2.24, 2.45) is 11.8 Å². The van der Waals surface area contributed by atoms with E-state index in [1.165, 1.54) is 0 Å². The van der Waals surface area contributed by atoms with Gasteiger partial charge < -0.3 is 28.3 Å². The van der Waals surface area contributed by atoms with E-state index in [4.69, 9.17) is 23.2 Å². The van der Waals surface area contributed by atoms with E-state index in [2.05, 4.69) is 62.0 Å². The van der Waals surface area contributed by atoms with Crippen LogP contribution in [0.4, 0.5) is 4.79 Å². The van der Waals surface area contributed by atoms with E-state index in [-0.39, 0.29) is 40.1 Å². The largest absolute Gasteiger partial charge is 0.514 e. The first kappa shape index (κ1) is 43.5. The van der Waals surface area contributed by atoms with Gasteiger partial charge in [0.1, 0.15) is 22.7 Å². The molecule has 5 atom stereocenters. The molecule has 2 heterocycles. The maximum atomic E-state index is 15.9. The zero-order chi connectivity index (χ0) is 42.5. The van der Waals surface area contributed by atoms with Crippen LogP contribution in [0.2, 0.25) is 18.1 Å². The van der Waals surface area contributed by atoms with Gasteiger partial charge in [0.05, 0.1) is 18.2 Å². The summed E-state index contributed by atoms with van der Waals surface area (Å²) in [6.45, 7) is 27.6. The van der Waals surface area contributed by atoms with Crippen LogP contribution in [0.25, 0.3) is 5.76 Å². The van der Waals surface area contributed by atoms with E-state index in [9.17, 15) is 9.90 Å². The molecule has 2 fully saturated rings. The second kappa shape index (κ2) is 16.2. The smallest absolute Gasteiger partial charge is 0.507 e. The number of hydrogen-bond donors (Lipinski definition) is 1. The Morgan fingerprint density at radius 3 is 2.38 bits per heavy atom. The Hall–Kier alpha value is -4.04. The maximum absolute atomic E-state index is 15.9. The van der Waals surface area contributed by atoms with Crippen molar-refractivity contribution in [2.45, 2.75) is 128 Å². The average molecular weight is 818 g/mol. The summed E-state index contributed by atoms with van der Waals surface area (Å²) >= 11 is 0. The molecule has 1 saturated heterocycles. The summed E-state index contributed by atoms with van der Waals surface area (Å²) in [6, 6.07) is 3.25. The third-order valence-corrected chi connectivity index (χ3v) is 17.1. The van der Waals surface area contributed by atoms with Crippen LogP contribution in [-0.2, 0) is 20.4 Å². The number of aliphatic hydroxyl groups is 1. The van der Waals surface area contributed by atoms with Gasteiger partial charge in [-0.1, -0.05) is 52.3 Å². The van der Waals surface area contributed by atoms with Crippen LogP contribution in [0.5, 0.6) is 11.6 Å². The molecule has 0 bridgehead atoms. The summed E-state index contributed by atoms with van der Waals surface area (Å²) in [7, 11) is -0.898. The van der Waals surface area contributed by atoms with Gasteiger partial charge in [0, 0.05) is 30.6 Å². The first-order valence-electron chi connectivity index (χ1n) is 20.8. The minimum Gasteiger partial charge on any atom is -0.507 e. The minimum absolute atomic E-state index is 0.0202. The molecule has 13 heteroatoms. The zero-order valence-corrected chi connectivity index (χ0v) is 37.2. The molecule has 0 amide bonds. The summed E-state index contributed by atoms with van der Waals surface area (Å²) < 4.78 is 31.1. The van der Waals surface area contributed by atoms with Crippen molar-refractivity contribution < 1.29 is 42.6 Å². The number of rotatable bonds is 13. The molecule has 1 saturated carbocycles. The number of carbonyl (C=O) groups is 3. The summed E-state index contributed by atoms with van der Waals surface area (Å²) in [5.41, 5.74) is -0.819. The lowest BCUT2D eigenvalue weighted by molar-refractivity contribution is -0.141. The summed E-state index contributed by atoms with van der Waals surface area (Å²) in [6.07, 6.45) is 6.78. The lowest BCUT2D eigenvalue weighted by Gasteiger charge is -2.55. The molecule has 316 valence electrons. The number of carbonyl (C=O) groups excluding carboxylic acids is 3. The molecule has 6 rings (SSSR count). The Kier molecular flexibility index (Phi) is 12.2. The van der Waals surface area contributed by atoms with Crippen LogP contribution < -0.4 is 9.47 Å². The zero-order valence-electron chi connectivity index (χ0n) is 36.2. The Balaban J connectivity index is 1.61. The number of nitrogens with zero attached hydrogens (tertiary/aromatic N) is 3. The molecule has 2 aromatic rings. The molecule has 1 aromatic heterocycles. The van der Waals surface area contributed by atoms with E-state index in [1.807, 2.05) is 20.0 Å². The van der Waals surface area contributed by atoms with Crippen LogP contribution in [0.1, 0.15) is 125 Å². The van der Waals surface area contributed by atoms with E-state index in [0.717, 1.165) is 43.4 Å². The molecule has 1 N–H and O–H groups in total. The highest BCUT2D eigenvalue weighted by atomic mass is 28.4. The monoisotopic (exact) mass is 817 g/mol. The molecule has 58 heavy (non-hydrogen) atoms. The van der Waals surface area contributed by atoms with Gasteiger partial charge in [-0.05, 0) is 113 Å². The van der Waals surface area contributed by atoms with Gasteiger partial charge in [-0.25, -0.2) is 4.79 Å². The van der Waals surface area contributed by atoms with Crippen molar-refractivity contribution in [3.63, 3.8) is 0 Å². The van der Waals surface area contributed by atoms with Gasteiger partial charge in [-0.3, -0.25) is 19.4 Å². The van der Waals surface area contributed by atoms with Crippen molar-refractivity contribution in [2.75, 3.05) is 33.3 Å². The molecular formula is C45H63N3O9Si. The van der Waals surface area contributed by atoms with Gasteiger partial charge in [0.2, 0.25) is 11.6 Å². The van der Waals surface area contributed by atoms with Crippen LogP contribution >= 0.6 is 0 Å².